The Balaban J connectivity index is 1.83. The van der Waals surface area contributed by atoms with E-state index in [0.29, 0.717) is 17.8 Å². The standard InChI is InChI=1S/C18H21N3O2/c1-11(2)20-17-14(8-5-9-19-17)18(23)21-16-13-7-4-3-6-12(13)10-15(16)22/h3-9,11,15-16,22H,10H2,1-2H3,(H,19,20)(H,21,23). The van der Waals surface area contributed by atoms with Gasteiger partial charge in [-0.15, -0.1) is 0 Å². The molecule has 23 heavy (non-hydrogen) atoms. The minimum absolute atomic E-state index is 0.175. The molecule has 0 saturated carbocycles. The lowest BCUT2D eigenvalue weighted by atomic mass is 10.1. The summed E-state index contributed by atoms with van der Waals surface area (Å²) in [5.41, 5.74) is 2.55. The van der Waals surface area contributed by atoms with Crippen LogP contribution < -0.4 is 10.6 Å². The van der Waals surface area contributed by atoms with Crippen LogP contribution in [0, 0.1) is 0 Å². The van der Waals surface area contributed by atoms with Gasteiger partial charge in [0.1, 0.15) is 5.82 Å². The molecule has 0 aliphatic heterocycles. The van der Waals surface area contributed by atoms with E-state index in [1.165, 1.54) is 0 Å². The minimum atomic E-state index is -0.602. The van der Waals surface area contributed by atoms with Gasteiger partial charge in [-0.2, -0.15) is 0 Å². The monoisotopic (exact) mass is 311 g/mol. The summed E-state index contributed by atoms with van der Waals surface area (Å²) in [6, 6.07) is 11.1. The number of amides is 1. The van der Waals surface area contributed by atoms with Crippen LogP contribution in [0.25, 0.3) is 0 Å². The third-order valence-electron chi connectivity index (χ3n) is 3.97. The van der Waals surface area contributed by atoms with Crippen molar-refractivity contribution in [2.75, 3.05) is 5.32 Å². The second-order valence-electron chi connectivity index (χ2n) is 6.12. The van der Waals surface area contributed by atoms with Crippen molar-refractivity contribution in [3.63, 3.8) is 0 Å². The molecule has 0 fully saturated rings. The van der Waals surface area contributed by atoms with Crippen LogP contribution in [0.4, 0.5) is 5.82 Å². The highest BCUT2D eigenvalue weighted by atomic mass is 16.3. The molecule has 1 aliphatic carbocycles. The molecule has 1 heterocycles. The number of fused-ring (bicyclic) bond motifs is 1. The van der Waals surface area contributed by atoms with E-state index in [4.69, 9.17) is 0 Å². The van der Waals surface area contributed by atoms with Gasteiger partial charge in [-0.3, -0.25) is 4.79 Å². The number of anilines is 1. The van der Waals surface area contributed by atoms with Gasteiger partial charge in [0.05, 0.1) is 17.7 Å². The maximum atomic E-state index is 12.7. The molecule has 2 aromatic rings. The van der Waals surface area contributed by atoms with Gasteiger partial charge in [0, 0.05) is 18.7 Å². The van der Waals surface area contributed by atoms with Gasteiger partial charge in [-0.05, 0) is 37.1 Å². The molecule has 0 bridgehead atoms. The van der Waals surface area contributed by atoms with Crippen LogP contribution in [0.15, 0.2) is 42.6 Å². The number of carbonyl (C=O) groups is 1. The van der Waals surface area contributed by atoms with E-state index in [2.05, 4.69) is 15.6 Å². The number of nitrogens with one attached hydrogen (secondary N) is 2. The molecule has 2 unspecified atom stereocenters. The van der Waals surface area contributed by atoms with Gasteiger partial charge in [0.15, 0.2) is 0 Å². The number of nitrogens with zero attached hydrogens (tertiary/aromatic N) is 1. The Kier molecular flexibility index (Phi) is 4.30. The van der Waals surface area contributed by atoms with E-state index >= 15 is 0 Å². The lowest BCUT2D eigenvalue weighted by molar-refractivity contribution is 0.0858. The number of aliphatic hydroxyl groups excluding tert-OH is 1. The lowest BCUT2D eigenvalue weighted by Crippen LogP contribution is -2.34. The molecule has 1 aromatic heterocycles. The van der Waals surface area contributed by atoms with Crippen molar-refractivity contribution in [1.29, 1.82) is 0 Å². The third-order valence-corrected chi connectivity index (χ3v) is 3.97. The predicted octanol–water partition coefficient (Wildman–Crippen LogP) is 2.29. The smallest absolute Gasteiger partial charge is 0.255 e. The summed E-state index contributed by atoms with van der Waals surface area (Å²) in [6.07, 6.45) is 1.61. The van der Waals surface area contributed by atoms with E-state index in [9.17, 15) is 9.90 Å². The third kappa shape index (κ3) is 3.19. The fourth-order valence-electron chi connectivity index (χ4n) is 2.94. The van der Waals surface area contributed by atoms with E-state index in [1.807, 2.05) is 38.1 Å². The van der Waals surface area contributed by atoms with Crippen LogP contribution in [0.2, 0.25) is 0 Å². The fourth-order valence-corrected chi connectivity index (χ4v) is 2.94. The SMILES string of the molecule is CC(C)Nc1ncccc1C(=O)NC1c2ccccc2CC1O. The molecule has 1 amide bonds. The van der Waals surface area contributed by atoms with Gasteiger partial charge in [0.25, 0.3) is 5.91 Å². The Bertz CT molecular complexity index is 715. The quantitative estimate of drug-likeness (QED) is 0.810. The van der Waals surface area contributed by atoms with Crippen LogP contribution in [0.5, 0.6) is 0 Å². The summed E-state index contributed by atoms with van der Waals surface area (Å²) in [6.45, 7) is 3.99. The number of pyridine rings is 1. The number of hydrogen-bond donors (Lipinski definition) is 3. The maximum absolute atomic E-state index is 12.7. The van der Waals surface area contributed by atoms with Gasteiger partial charge in [-0.1, -0.05) is 24.3 Å². The first-order valence-electron chi connectivity index (χ1n) is 7.84. The molecular weight excluding hydrogens is 290 g/mol. The summed E-state index contributed by atoms with van der Waals surface area (Å²) in [5.74, 6) is 0.322. The van der Waals surface area contributed by atoms with E-state index in [1.54, 1.807) is 18.3 Å². The summed E-state index contributed by atoms with van der Waals surface area (Å²) in [5, 5.41) is 16.4. The van der Waals surface area contributed by atoms with Crippen molar-refractivity contribution < 1.29 is 9.90 Å². The summed E-state index contributed by atoms with van der Waals surface area (Å²) >= 11 is 0. The van der Waals surface area contributed by atoms with Crippen molar-refractivity contribution in [3.05, 3.63) is 59.3 Å². The number of rotatable bonds is 4. The van der Waals surface area contributed by atoms with Crippen LogP contribution in [0.1, 0.15) is 41.4 Å². The number of benzene rings is 1. The van der Waals surface area contributed by atoms with Crippen molar-refractivity contribution in [3.8, 4) is 0 Å². The Morgan fingerprint density at radius 3 is 2.83 bits per heavy atom. The summed E-state index contributed by atoms with van der Waals surface area (Å²) < 4.78 is 0. The van der Waals surface area contributed by atoms with Crippen LogP contribution in [-0.2, 0) is 6.42 Å². The van der Waals surface area contributed by atoms with E-state index in [0.717, 1.165) is 11.1 Å². The molecule has 120 valence electrons. The molecule has 1 aliphatic rings. The molecule has 0 spiro atoms. The fraction of sp³-hybridized carbons (Fsp3) is 0.333. The lowest BCUT2D eigenvalue weighted by Gasteiger charge is -2.19. The van der Waals surface area contributed by atoms with Crippen molar-refractivity contribution in [2.45, 2.75) is 38.5 Å². The second kappa shape index (κ2) is 6.38. The Morgan fingerprint density at radius 2 is 2.04 bits per heavy atom. The normalized spacial score (nSPS) is 19.5. The largest absolute Gasteiger partial charge is 0.390 e. The van der Waals surface area contributed by atoms with Crippen LogP contribution >= 0.6 is 0 Å². The van der Waals surface area contributed by atoms with Crippen molar-refractivity contribution in [2.24, 2.45) is 0 Å². The number of hydrogen-bond acceptors (Lipinski definition) is 4. The minimum Gasteiger partial charge on any atom is -0.390 e. The maximum Gasteiger partial charge on any atom is 0.255 e. The molecule has 0 saturated heterocycles. The predicted molar refractivity (Wildman–Crippen MR) is 89.4 cm³/mol. The van der Waals surface area contributed by atoms with Crippen LogP contribution in [0.3, 0.4) is 0 Å². The first-order chi connectivity index (χ1) is 11.1. The van der Waals surface area contributed by atoms with Gasteiger partial charge in [0.2, 0.25) is 0 Å². The number of carbonyl (C=O) groups excluding carboxylic acids is 1. The summed E-state index contributed by atoms with van der Waals surface area (Å²) in [7, 11) is 0. The average molecular weight is 311 g/mol. The molecule has 2 atom stereocenters. The zero-order chi connectivity index (χ0) is 16.4. The first kappa shape index (κ1) is 15.5. The molecule has 5 nitrogen and oxygen atoms in total. The average Bonchev–Trinajstić information content (AvgIpc) is 2.83. The highest BCUT2D eigenvalue weighted by Crippen LogP contribution is 2.31. The Morgan fingerprint density at radius 1 is 1.26 bits per heavy atom. The first-order valence-corrected chi connectivity index (χ1v) is 7.84. The number of aromatic nitrogens is 1. The molecule has 1 aromatic carbocycles. The zero-order valence-electron chi connectivity index (χ0n) is 13.3. The molecule has 5 heteroatoms. The zero-order valence-corrected chi connectivity index (χ0v) is 13.3. The van der Waals surface area contributed by atoms with Gasteiger partial charge >= 0.3 is 0 Å². The van der Waals surface area contributed by atoms with E-state index < -0.39 is 6.10 Å². The number of aliphatic hydroxyl groups is 1. The molecule has 3 N–H and O–H groups in total. The highest BCUT2D eigenvalue weighted by Gasteiger charge is 2.32. The van der Waals surface area contributed by atoms with Crippen molar-refractivity contribution in [1.82, 2.24) is 10.3 Å². The molecular formula is C18H21N3O2. The highest BCUT2D eigenvalue weighted by molar-refractivity contribution is 5.99. The molecule has 3 rings (SSSR count). The van der Waals surface area contributed by atoms with Crippen molar-refractivity contribution >= 4 is 11.7 Å². The van der Waals surface area contributed by atoms with Crippen LogP contribution in [-0.4, -0.2) is 28.1 Å². The Labute approximate surface area is 135 Å². The topological polar surface area (TPSA) is 74.2 Å². The van der Waals surface area contributed by atoms with E-state index in [-0.39, 0.29) is 18.0 Å². The molecule has 0 radical (unpaired) electrons. The van der Waals surface area contributed by atoms with Gasteiger partial charge in [-0.25, -0.2) is 4.98 Å². The summed E-state index contributed by atoms with van der Waals surface area (Å²) in [4.78, 5) is 16.9. The Hall–Kier alpha value is -2.40. The van der Waals surface area contributed by atoms with Gasteiger partial charge < -0.3 is 15.7 Å². The second-order valence-corrected chi connectivity index (χ2v) is 6.12.